The number of nitro groups is 1. The first-order chi connectivity index (χ1) is 13.5. The zero-order chi connectivity index (χ0) is 21.6. The van der Waals surface area contributed by atoms with E-state index in [-0.39, 0.29) is 21.9 Å². The number of nitrogens with zero attached hydrogens (tertiary/aromatic N) is 3. The Morgan fingerprint density at radius 3 is 2.17 bits per heavy atom. The molecule has 0 aromatic heterocycles. The van der Waals surface area contributed by atoms with Gasteiger partial charge in [0.25, 0.3) is 11.6 Å². The minimum absolute atomic E-state index is 0.00810. The number of anilines is 1. The van der Waals surface area contributed by atoms with Crippen LogP contribution in [0.1, 0.15) is 12.5 Å². The van der Waals surface area contributed by atoms with Crippen molar-refractivity contribution < 1.29 is 36.8 Å². The number of aromatic hydroxyl groups is 1. The first kappa shape index (κ1) is 19.9. The van der Waals surface area contributed by atoms with Gasteiger partial charge in [-0.25, -0.2) is 22.0 Å². The van der Waals surface area contributed by atoms with Crippen LogP contribution < -0.4 is 5.01 Å². The minimum Gasteiger partial charge on any atom is -0.507 e. The van der Waals surface area contributed by atoms with Gasteiger partial charge in [0, 0.05) is 17.7 Å². The summed E-state index contributed by atoms with van der Waals surface area (Å²) in [6, 6.07) is 2.90. The van der Waals surface area contributed by atoms with Gasteiger partial charge in [0.2, 0.25) is 5.82 Å². The molecule has 1 heterocycles. The zero-order valence-electron chi connectivity index (χ0n) is 14.2. The lowest BCUT2D eigenvalue weighted by molar-refractivity contribution is -0.384. The number of rotatable bonds is 3. The van der Waals surface area contributed by atoms with Gasteiger partial charge in [-0.2, -0.15) is 10.1 Å². The molecule has 150 valence electrons. The first-order valence-corrected chi connectivity index (χ1v) is 7.65. The molecule has 12 heteroatoms. The van der Waals surface area contributed by atoms with Gasteiger partial charge < -0.3 is 5.11 Å². The van der Waals surface area contributed by atoms with Crippen LogP contribution in [-0.2, 0) is 4.79 Å². The zero-order valence-corrected chi connectivity index (χ0v) is 14.2. The molecule has 1 N–H and O–H groups in total. The summed E-state index contributed by atoms with van der Waals surface area (Å²) >= 11 is 0. The Morgan fingerprint density at radius 1 is 1.07 bits per heavy atom. The molecule has 0 saturated carbocycles. The predicted molar refractivity (Wildman–Crippen MR) is 89.6 cm³/mol. The maximum atomic E-state index is 14.0. The van der Waals surface area contributed by atoms with Crippen molar-refractivity contribution >= 4 is 29.1 Å². The van der Waals surface area contributed by atoms with Crippen molar-refractivity contribution in [2.24, 2.45) is 5.10 Å². The third kappa shape index (κ3) is 3.17. The van der Waals surface area contributed by atoms with Crippen molar-refractivity contribution in [2.45, 2.75) is 6.92 Å². The first-order valence-electron chi connectivity index (χ1n) is 7.65. The molecule has 7 nitrogen and oxygen atoms in total. The van der Waals surface area contributed by atoms with Gasteiger partial charge in [0.15, 0.2) is 23.3 Å². The fourth-order valence-electron chi connectivity index (χ4n) is 2.54. The Balaban J connectivity index is 2.12. The number of amides is 1. The molecule has 0 atom stereocenters. The molecule has 0 radical (unpaired) electrons. The normalized spacial score (nSPS) is 15.2. The molecule has 2 aromatic carbocycles. The number of phenolic OH excluding ortho intramolecular Hbond substituents is 1. The summed E-state index contributed by atoms with van der Waals surface area (Å²) in [7, 11) is 0. The quantitative estimate of drug-likeness (QED) is 0.207. The summed E-state index contributed by atoms with van der Waals surface area (Å²) in [6.45, 7) is 1.20. The molecule has 1 amide bonds. The lowest BCUT2D eigenvalue weighted by Crippen LogP contribution is -2.25. The second kappa shape index (κ2) is 6.96. The van der Waals surface area contributed by atoms with Crippen molar-refractivity contribution in [3.8, 4) is 5.75 Å². The van der Waals surface area contributed by atoms with E-state index in [0.717, 1.165) is 24.3 Å². The van der Waals surface area contributed by atoms with Gasteiger partial charge in [-0.05, 0) is 19.1 Å². The van der Waals surface area contributed by atoms with E-state index < -0.39 is 57.0 Å². The Morgan fingerprint density at radius 2 is 1.62 bits per heavy atom. The summed E-state index contributed by atoms with van der Waals surface area (Å²) in [4.78, 5) is 22.6. The van der Waals surface area contributed by atoms with E-state index >= 15 is 0 Å². The Hall–Kier alpha value is -3.83. The van der Waals surface area contributed by atoms with Crippen LogP contribution in [0.2, 0.25) is 0 Å². The van der Waals surface area contributed by atoms with E-state index in [1.165, 1.54) is 6.92 Å². The van der Waals surface area contributed by atoms with Crippen LogP contribution >= 0.6 is 0 Å². The SMILES string of the molecule is CC1=NN(c2c(F)c(F)c(F)c(F)c2F)C(=O)/C1=C\c1cc([N+](=O)[O-])ccc1O. The number of benzene rings is 2. The van der Waals surface area contributed by atoms with Crippen LogP contribution in [-0.4, -0.2) is 21.6 Å². The number of carbonyl (C=O) groups excluding carboxylic acids is 1. The smallest absolute Gasteiger partial charge is 0.280 e. The fraction of sp³-hybridized carbons (Fsp3) is 0.0588. The molecular formula is C17H8F5N3O4. The Bertz CT molecular complexity index is 1120. The van der Waals surface area contributed by atoms with Gasteiger partial charge >= 0.3 is 0 Å². The minimum atomic E-state index is -2.40. The van der Waals surface area contributed by atoms with E-state index in [1.54, 1.807) is 0 Å². The molecule has 0 bridgehead atoms. The van der Waals surface area contributed by atoms with E-state index in [4.69, 9.17) is 0 Å². The number of hydrogen-bond donors (Lipinski definition) is 1. The van der Waals surface area contributed by atoms with E-state index in [2.05, 4.69) is 5.10 Å². The third-order valence-corrected chi connectivity index (χ3v) is 3.98. The molecule has 29 heavy (non-hydrogen) atoms. The molecule has 0 aliphatic carbocycles. The predicted octanol–water partition coefficient (Wildman–Crippen LogP) is 3.80. The van der Waals surface area contributed by atoms with E-state index in [9.17, 15) is 42.0 Å². The molecule has 0 saturated heterocycles. The molecule has 3 rings (SSSR count). The molecule has 0 fully saturated rings. The fourth-order valence-corrected chi connectivity index (χ4v) is 2.54. The lowest BCUT2D eigenvalue weighted by atomic mass is 10.1. The monoisotopic (exact) mass is 413 g/mol. The molecule has 1 aliphatic rings. The van der Waals surface area contributed by atoms with Gasteiger partial charge in [-0.15, -0.1) is 0 Å². The van der Waals surface area contributed by atoms with Crippen LogP contribution in [0.3, 0.4) is 0 Å². The van der Waals surface area contributed by atoms with Crippen molar-refractivity contribution in [1.82, 2.24) is 0 Å². The molecular weight excluding hydrogens is 405 g/mol. The highest BCUT2D eigenvalue weighted by Gasteiger charge is 2.37. The Labute approximate surface area is 158 Å². The second-order valence-electron chi connectivity index (χ2n) is 5.78. The highest BCUT2D eigenvalue weighted by Crippen LogP contribution is 2.34. The number of hydrazone groups is 1. The summed E-state index contributed by atoms with van der Waals surface area (Å²) < 4.78 is 68.1. The lowest BCUT2D eigenvalue weighted by Gasteiger charge is -2.15. The van der Waals surface area contributed by atoms with Crippen LogP contribution in [0.25, 0.3) is 6.08 Å². The summed E-state index contributed by atoms with van der Waals surface area (Å²) in [5.41, 5.74) is -2.77. The summed E-state index contributed by atoms with van der Waals surface area (Å²) in [5, 5.41) is 24.2. The standard InChI is InChI=1S/C17H8F5N3O4/c1-6-9(5-7-4-8(25(28)29)2-3-10(7)26)17(27)24(23-6)16-14(21)12(19)11(18)13(20)15(16)22/h2-5,26H,1H3/b9-5-. The van der Waals surface area contributed by atoms with Crippen LogP contribution in [0, 0.1) is 39.2 Å². The summed E-state index contributed by atoms with van der Waals surface area (Å²) in [6.07, 6.45) is 0.940. The van der Waals surface area contributed by atoms with Gasteiger partial charge in [0.05, 0.1) is 16.2 Å². The van der Waals surface area contributed by atoms with E-state index in [1.807, 2.05) is 0 Å². The van der Waals surface area contributed by atoms with Gasteiger partial charge in [0.1, 0.15) is 11.4 Å². The van der Waals surface area contributed by atoms with Gasteiger partial charge in [-0.3, -0.25) is 14.9 Å². The molecule has 0 unspecified atom stereocenters. The number of phenols is 1. The van der Waals surface area contributed by atoms with Crippen LogP contribution in [0.5, 0.6) is 5.75 Å². The second-order valence-corrected chi connectivity index (χ2v) is 5.78. The third-order valence-electron chi connectivity index (χ3n) is 3.98. The topological polar surface area (TPSA) is 96.0 Å². The van der Waals surface area contributed by atoms with Crippen LogP contribution in [0.15, 0.2) is 28.9 Å². The number of carbonyl (C=O) groups is 1. The largest absolute Gasteiger partial charge is 0.507 e. The maximum absolute atomic E-state index is 14.0. The van der Waals surface area contributed by atoms with Crippen molar-refractivity contribution in [1.29, 1.82) is 0 Å². The van der Waals surface area contributed by atoms with Crippen LogP contribution in [0.4, 0.5) is 33.3 Å². The van der Waals surface area contributed by atoms with Gasteiger partial charge in [-0.1, -0.05) is 0 Å². The maximum Gasteiger partial charge on any atom is 0.280 e. The molecule has 2 aromatic rings. The number of halogens is 5. The summed E-state index contributed by atoms with van der Waals surface area (Å²) in [5.74, 6) is -13.2. The highest BCUT2D eigenvalue weighted by atomic mass is 19.2. The van der Waals surface area contributed by atoms with Crippen molar-refractivity contribution in [3.05, 3.63) is 68.5 Å². The number of hydrogen-bond acceptors (Lipinski definition) is 5. The average molecular weight is 413 g/mol. The van der Waals surface area contributed by atoms with Crippen molar-refractivity contribution in [2.75, 3.05) is 5.01 Å². The van der Waals surface area contributed by atoms with Crippen molar-refractivity contribution in [3.63, 3.8) is 0 Å². The Kier molecular flexibility index (Phi) is 4.78. The molecule has 0 spiro atoms. The van der Waals surface area contributed by atoms with E-state index in [0.29, 0.717) is 0 Å². The average Bonchev–Trinajstić information content (AvgIpc) is 2.94. The number of non-ortho nitro benzene ring substituents is 1. The number of nitro benzene ring substituents is 1. The highest BCUT2D eigenvalue weighted by molar-refractivity contribution is 6.32. The molecule has 1 aliphatic heterocycles.